The van der Waals surface area contributed by atoms with Gasteiger partial charge >= 0.3 is 0 Å². The highest BCUT2D eigenvalue weighted by Crippen LogP contribution is 2.32. The molecule has 0 N–H and O–H groups in total. The minimum Gasteiger partial charge on any atom is -0.489 e. The van der Waals surface area contributed by atoms with Crippen molar-refractivity contribution >= 4 is 11.6 Å². The number of rotatable bonds is 3. The lowest BCUT2D eigenvalue weighted by molar-refractivity contribution is 0.0905. The predicted octanol–water partition coefficient (Wildman–Crippen LogP) is 4.69. The van der Waals surface area contributed by atoms with Gasteiger partial charge in [-0.15, -0.1) is 0 Å². The second kappa shape index (κ2) is 5.58. The van der Waals surface area contributed by atoms with Crippen molar-refractivity contribution in [2.75, 3.05) is 0 Å². The summed E-state index contributed by atoms with van der Waals surface area (Å²) < 4.78 is 6.06. The van der Waals surface area contributed by atoms with E-state index in [1.807, 2.05) is 24.3 Å². The molecule has 2 unspecified atom stereocenters. The second-order valence-electron chi connectivity index (χ2n) is 4.54. The monoisotopic (exact) mass is 238 g/mol. The van der Waals surface area contributed by atoms with Crippen LogP contribution in [-0.2, 0) is 0 Å². The van der Waals surface area contributed by atoms with Gasteiger partial charge in [-0.1, -0.05) is 37.1 Å². The Morgan fingerprint density at radius 2 is 2.00 bits per heavy atom. The summed E-state index contributed by atoms with van der Waals surface area (Å²) >= 11 is 6.11. The Balaban J connectivity index is 2.05. The quantitative estimate of drug-likeness (QED) is 0.743. The molecule has 16 heavy (non-hydrogen) atoms. The molecule has 0 aromatic heterocycles. The highest BCUT2D eigenvalue weighted by atomic mass is 35.5. The van der Waals surface area contributed by atoms with Crippen molar-refractivity contribution in [3.8, 4) is 5.75 Å². The van der Waals surface area contributed by atoms with Gasteiger partial charge in [0.05, 0.1) is 5.02 Å². The highest BCUT2D eigenvalue weighted by molar-refractivity contribution is 6.32. The molecule has 1 saturated carbocycles. The molecule has 0 saturated heterocycles. The molecule has 1 nitrogen and oxygen atoms in total. The van der Waals surface area contributed by atoms with Gasteiger partial charge in [-0.25, -0.2) is 0 Å². The Bertz CT molecular complexity index is 337. The summed E-state index contributed by atoms with van der Waals surface area (Å²) in [6.07, 6.45) is 6.66. The van der Waals surface area contributed by atoms with Crippen LogP contribution in [0.2, 0.25) is 5.02 Å². The normalized spacial score (nSPS) is 25.4. The van der Waals surface area contributed by atoms with Crippen LogP contribution >= 0.6 is 11.6 Å². The van der Waals surface area contributed by atoms with E-state index in [1.54, 1.807) is 0 Å². The Labute approximate surface area is 103 Å². The van der Waals surface area contributed by atoms with Crippen molar-refractivity contribution in [2.24, 2.45) is 5.92 Å². The molecule has 0 spiro atoms. The molecule has 2 atom stereocenters. The fourth-order valence-corrected chi connectivity index (χ4v) is 2.68. The fourth-order valence-electron chi connectivity index (χ4n) is 2.50. The van der Waals surface area contributed by atoms with Crippen molar-refractivity contribution in [3.63, 3.8) is 0 Å². The molecule has 2 heteroatoms. The maximum Gasteiger partial charge on any atom is 0.138 e. The van der Waals surface area contributed by atoms with Gasteiger partial charge in [0.25, 0.3) is 0 Å². The minimum absolute atomic E-state index is 0.360. The first-order valence-electron chi connectivity index (χ1n) is 6.22. The zero-order chi connectivity index (χ0) is 11.4. The van der Waals surface area contributed by atoms with Gasteiger partial charge in [-0.05, 0) is 43.7 Å². The Morgan fingerprint density at radius 3 is 2.75 bits per heavy atom. The van der Waals surface area contributed by atoms with E-state index in [1.165, 1.54) is 32.1 Å². The van der Waals surface area contributed by atoms with Crippen LogP contribution in [0.3, 0.4) is 0 Å². The van der Waals surface area contributed by atoms with Crippen LogP contribution in [0.15, 0.2) is 24.3 Å². The van der Waals surface area contributed by atoms with E-state index < -0.39 is 0 Å². The van der Waals surface area contributed by atoms with E-state index >= 15 is 0 Å². The largest absolute Gasteiger partial charge is 0.489 e. The number of ether oxygens (including phenoxy) is 1. The average Bonchev–Trinajstić information content (AvgIpc) is 2.33. The smallest absolute Gasteiger partial charge is 0.138 e. The Morgan fingerprint density at radius 1 is 1.25 bits per heavy atom. The number of hydrogen-bond acceptors (Lipinski definition) is 1. The molecule has 1 aliphatic rings. The molecule has 1 fully saturated rings. The third kappa shape index (κ3) is 2.70. The molecule has 1 aromatic rings. The summed E-state index contributed by atoms with van der Waals surface area (Å²) in [5.74, 6) is 1.54. The van der Waals surface area contributed by atoms with Crippen LogP contribution < -0.4 is 4.74 Å². The minimum atomic E-state index is 0.360. The lowest BCUT2D eigenvalue weighted by Crippen LogP contribution is -2.29. The maximum atomic E-state index is 6.11. The molecule has 88 valence electrons. The zero-order valence-corrected chi connectivity index (χ0v) is 10.5. The highest BCUT2D eigenvalue weighted by Gasteiger charge is 2.25. The van der Waals surface area contributed by atoms with Crippen molar-refractivity contribution in [2.45, 2.75) is 45.1 Å². The SMILES string of the molecule is CCC1CCCCC1Oc1ccccc1Cl. The standard InChI is InChI=1S/C14H19ClO/c1-2-11-7-3-5-9-13(11)16-14-10-6-4-8-12(14)15/h4,6,8,10-11,13H,2-3,5,7,9H2,1H3. The van der Waals surface area contributed by atoms with Gasteiger partial charge in [0.15, 0.2) is 0 Å². The molecule has 0 heterocycles. The van der Waals surface area contributed by atoms with Gasteiger partial charge in [0.2, 0.25) is 0 Å². The van der Waals surface area contributed by atoms with E-state index in [2.05, 4.69) is 6.92 Å². The van der Waals surface area contributed by atoms with E-state index in [4.69, 9.17) is 16.3 Å². The van der Waals surface area contributed by atoms with Gasteiger partial charge in [0.1, 0.15) is 11.9 Å². The maximum absolute atomic E-state index is 6.11. The number of halogens is 1. The second-order valence-corrected chi connectivity index (χ2v) is 4.95. The molecule has 1 aromatic carbocycles. The summed E-state index contributed by atoms with van der Waals surface area (Å²) in [6, 6.07) is 7.77. The van der Waals surface area contributed by atoms with E-state index in [0.29, 0.717) is 12.0 Å². The lowest BCUT2D eigenvalue weighted by Gasteiger charge is -2.31. The molecule has 0 aliphatic heterocycles. The van der Waals surface area contributed by atoms with Crippen molar-refractivity contribution < 1.29 is 4.74 Å². The third-order valence-corrected chi connectivity index (χ3v) is 3.79. The molecule has 0 bridgehead atoms. The molecule has 0 radical (unpaired) electrons. The van der Waals surface area contributed by atoms with Crippen LogP contribution in [0.5, 0.6) is 5.75 Å². The Hall–Kier alpha value is -0.690. The van der Waals surface area contributed by atoms with Gasteiger partial charge in [-0.3, -0.25) is 0 Å². The van der Waals surface area contributed by atoms with Crippen LogP contribution in [0.25, 0.3) is 0 Å². The van der Waals surface area contributed by atoms with Crippen molar-refractivity contribution in [1.29, 1.82) is 0 Å². The summed E-state index contributed by atoms with van der Waals surface area (Å²) in [7, 11) is 0. The van der Waals surface area contributed by atoms with Gasteiger partial charge < -0.3 is 4.74 Å². The molecular formula is C14H19ClO. The molecule has 2 rings (SSSR count). The van der Waals surface area contributed by atoms with Crippen LogP contribution in [-0.4, -0.2) is 6.10 Å². The fraction of sp³-hybridized carbons (Fsp3) is 0.571. The van der Waals surface area contributed by atoms with Gasteiger partial charge in [0, 0.05) is 0 Å². The first-order chi connectivity index (χ1) is 7.81. The Kier molecular flexibility index (Phi) is 4.11. The number of para-hydroxylation sites is 1. The predicted molar refractivity (Wildman–Crippen MR) is 68.1 cm³/mol. The molecular weight excluding hydrogens is 220 g/mol. The summed E-state index contributed by atoms with van der Waals surface area (Å²) in [4.78, 5) is 0. The number of benzene rings is 1. The first kappa shape index (κ1) is 11.8. The first-order valence-corrected chi connectivity index (χ1v) is 6.60. The summed E-state index contributed by atoms with van der Waals surface area (Å²) in [5, 5.41) is 0.725. The zero-order valence-electron chi connectivity index (χ0n) is 9.79. The summed E-state index contributed by atoms with van der Waals surface area (Å²) in [6.45, 7) is 2.25. The van der Waals surface area contributed by atoms with E-state index in [-0.39, 0.29) is 0 Å². The van der Waals surface area contributed by atoms with Crippen LogP contribution in [0, 0.1) is 5.92 Å². The van der Waals surface area contributed by atoms with Crippen molar-refractivity contribution in [1.82, 2.24) is 0 Å². The average molecular weight is 239 g/mol. The van der Waals surface area contributed by atoms with Gasteiger partial charge in [-0.2, -0.15) is 0 Å². The molecule has 0 amide bonds. The lowest BCUT2D eigenvalue weighted by atomic mass is 9.85. The van der Waals surface area contributed by atoms with E-state index in [9.17, 15) is 0 Å². The van der Waals surface area contributed by atoms with Crippen molar-refractivity contribution in [3.05, 3.63) is 29.3 Å². The van der Waals surface area contributed by atoms with Crippen LogP contribution in [0.1, 0.15) is 39.0 Å². The molecule has 1 aliphatic carbocycles. The third-order valence-electron chi connectivity index (χ3n) is 3.48. The number of hydrogen-bond donors (Lipinski definition) is 0. The summed E-state index contributed by atoms with van der Waals surface area (Å²) in [5.41, 5.74) is 0. The van der Waals surface area contributed by atoms with Crippen LogP contribution in [0.4, 0.5) is 0 Å². The topological polar surface area (TPSA) is 9.23 Å². The van der Waals surface area contributed by atoms with E-state index in [0.717, 1.165) is 10.8 Å².